The topological polar surface area (TPSA) is 56.8 Å². The van der Waals surface area contributed by atoms with Crippen LogP contribution in [0.1, 0.15) is 12.5 Å². The van der Waals surface area contributed by atoms with Crippen LogP contribution >= 0.6 is 0 Å². The standard InChI is InChI=1S/C14H20FNO4/c1-3-19-14(17)10-20-13-5-4-12(15)8-11(13)9-16-6-7-18-2/h4-5,8,16H,3,6-7,9-10H2,1-2H3. The summed E-state index contributed by atoms with van der Waals surface area (Å²) in [6.45, 7) is 3.47. The lowest BCUT2D eigenvalue weighted by Gasteiger charge is -2.12. The first-order valence-electron chi connectivity index (χ1n) is 6.43. The summed E-state index contributed by atoms with van der Waals surface area (Å²) in [5.74, 6) is -0.337. The van der Waals surface area contributed by atoms with Crippen LogP contribution in [0.5, 0.6) is 5.75 Å². The van der Waals surface area contributed by atoms with Crippen molar-refractivity contribution in [3.8, 4) is 5.75 Å². The van der Waals surface area contributed by atoms with E-state index < -0.39 is 5.97 Å². The minimum atomic E-state index is -0.449. The van der Waals surface area contributed by atoms with E-state index in [1.807, 2.05) is 0 Å². The zero-order valence-corrected chi connectivity index (χ0v) is 11.8. The SMILES string of the molecule is CCOC(=O)COc1ccc(F)cc1CNCCOC. The first kappa shape index (κ1) is 16.4. The molecule has 0 radical (unpaired) electrons. The van der Waals surface area contributed by atoms with Gasteiger partial charge in [-0.25, -0.2) is 9.18 Å². The van der Waals surface area contributed by atoms with Gasteiger partial charge in [-0.05, 0) is 25.1 Å². The number of nitrogens with one attached hydrogen (secondary N) is 1. The molecule has 0 amide bonds. The number of benzene rings is 1. The maximum Gasteiger partial charge on any atom is 0.344 e. The highest BCUT2D eigenvalue weighted by atomic mass is 19.1. The van der Waals surface area contributed by atoms with Crippen molar-refractivity contribution in [2.24, 2.45) is 0 Å². The van der Waals surface area contributed by atoms with Crippen molar-refractivity contribution in [2.75, 3.05) is 33.5 Å². The number of carbonyl (C=O) groups excluding carboxylic acids is 1. The van der Waals surface area contributed by atoms with Gasteiger partial charge in [0.2, 0.25) is 0 Å². The second-order valence-corrected chi connectivity index (χ2v) is 4.02. The Morgan fingerprint density at radius 2 is 2.20 bits per heavy atom. The molecule has 0 aliphatic heterocycles. The third-order valence-corrected chi connectivity index (χ3v) is 2.47. The molecule has 0 spiro atoms. The van der Waals surface area contributed by atoms with Crippen LogP contribution in [0, 0.1) is 5.82 Å². The number of hydrogen-bond acceptors (Lipinski definition) is 5. The molecule has 0 heterocycles. The molecule has 0 aromatic heterocycles. The number of ether oxygens (including phenoxy) is 3. The number of rotatable bonds is 9. The van der Waals surface area contributed by atoms with Crippen LogP contribution in [0.25, 0.3) is 0 Å². The molecule has 6 heteroatoms. The quantitative estimate of drug-likeness (QED) is 0.550. The molecule has 112 valence electrons. The number of methoxy groups -OCH3 is 1. The average molecular weight is 285 g/mol. The highest BCUT2D eigenvalue weighted by Gasteiger charge is 2.08. The Hall–Kier alpha value is -1.66. The Balaban J connectivity index is 2.57. The highest BCUT2D eigenvalue weighted by molar-refractivity contribution is 5.71. The van der Waals surface area contributed by atoms with Gasteiger partial charge >= 0.3 is 5.97 Å². The first-order chi connectivity index (χ1) is 9.67. The fourth-order valence-electron chi connectivity index (χ4n) is 1.56. The highest BCUT2D eigenvalue weighted by Crippen LogP contribution is 2.19. The van der Waals surface area contributed by atoms with E-state index in [0.717, 1.165) is 0 Å². The fraction of sp³-hybridized carbons (Fsp3) is 0.500. The van der Waals surface area contributed by atoms with Crippen LogP contribution in [-0.4, -0.2) is 39.4 Å². The summed E-state index contributed by atoms with van der Waals surface area (Å²) in [5, 5.41) is 3.10. The average Bonchev–Trinajstić information content (AvgIpc) is 2.43. The van der Waals surface area contributed by atoms with Gasteiger partial charge in [0.15, 0.2) is 6.61 Å². The summed E-state index contributed by atoms with van der Waals surface area (Å²) < 4.78 is 28.3. The number of esters is 1. The molecule has 0 atom stereocenters. The van der Waals surface area contributed by atoms with Gasteiger partial charge in [-0.15, -0.1) is 0 Å². The molecule has 20 heavy (non-hydrogen) atoms. The summed E-state index contributed by atoms with van der Waals surface area (Å²) >= 11 is 0. The molecule has 0 saturated carbocycles. The second-order valence-electron chi connectivity index (χ2n) is 4.02. The Bertz CT molecular complexity index is 426. The molecule has 1 aromatic carbocycles. The van der Waals surface area contributed by atoms with Crippen molar-refractivity contribution in [3.63, 3.8) is 0 Å². The molecule has 0 aliphatic rings. The van der Waals surface area contributed by atoms with Gasteiger partial charge in [-0.2, -0.15) is 0 Å². The molecular weight excluding hydrogens is 265 g/mol. The molecule has 0 unspecified atom stereocenters. The first-order valence-corrected chi connectivity index (χ1v) is 6.43. The lowest BCUT2D eigenvalue weighted by molar-refractivity contribution is -0.145. The van der Waals surface area contributed by atoms with E-state index in [0.29, 0.717) is 37.6 Å². The normalized spacial score (nSPS) is 10.3. The third kappa shape index (κ3) is 5.99. The Labute approximate surface area is 118 Å². The van der Waals surface area contributed by atoms with E-state index >= 15 is 0 Å². The molecule has 1 N–H and O–H groups in total. The van der Waals surface area contributed by atoms with Gasteiger partial charge in [-0.1, -0.05) is 0 Å². The van der Waals surface area contributed by atoms with Gasteiger partial charge in [0.25, 0.3) is 0 Å². The van der Waals surface area contributed by atoms with Crippen LogP contribution < -0.4 is 10.1 Å². The number of halogens is 1. The fourth-order valence-corrected chi connectivity index (χ4v) is 1.56. The van der Waals surface area contributed by atoms with Gasteiger partial charge in [0.05, 0.1) is 13.2 Å². The molecule has 1 rings (SSSR count). The van der Waals surface area contributed by atoms with Gasteiger partial charge in [0, 0.05) is 25.8 Å². The van der Waals surface area contributed by atoms with E-state index in [1.54, 1.807) is 14.0 Å². The number of carbonyl (C=O) groups is 1. The largest absolute Gasteiger partial charge is 0.482 e. The minimum absolute atomic E-state index is 0.190. The zero-order valence-electron chi connectivity index (χ0n) is 11.8. The monoisotopic (exact) mass is 285 g/mol. The molecule has 0 bridgehead atoms. The van der Waals surface area contributed by atoms with Crippen molar-refractivity contribution in [3.05, 3.63) is 29.6 Å². The molecule has 5 nitrogen and oxygen atoms in total. The van der Waals surface area contributed by atoms with Crippen molar-refractivity contribution < 1.29 is 23.4 Å². The molecule has 0 fully saturated rings. The van der Waals surface area contributed by atoms with Crippen LogP contribution in [-0.2, 0) is 20.8 Å². The van der Waals surface area contributed by atoms with Crippen LogP contribution in [0.15, 0.2) is 18.2 Å². The van der Waals surface area contributed by atoms with Crippen LogP contribution in [0.2, 0.25) is 0 Å². The van der Waals surface area contributed by atoms with Crippen molar-refractivity contribution >= 4 is 5.97 Å². The Morgan fingerprint density at radius 3 is 2.90 bits per heavy atom. The Kier molecular flexibility index (Phi) is 7.60. The Morgan fingerprint density at radius 1 is 1.40 bits per heavy atom. The third-order valence-electron chi connectivity index (χ3n) is 2.47. The molecule has 0 aliphatic carbocycles. The second kappa shape index (κ2) is 9.28. The van der Waals surface area contributed by atoms with E-state index in [9.17, 15) is 9.18 Å². The van der Waals surface area contributed by atoms with Crippen molar-refractivity contribution in [1.82, 2.24) is 5.32 Å². The predicted molar refractivity (Wildman–Crippen MR) is 72.1 cm³/mol. The minimum Gasteiger partial charge on any atom is -0.482 e. The van der Waals surface area contributed by atoms with Gasteiger partial charge in [-0.3, -0.25) is 0 Å². The van der Waals surface area contributed by atoms with E-state index in [4.69, 9.17) is 14.2 Å². The van der Waals surface area contributed by atoms with Crippen LogP contribution in [0.4, 0.5) is 4.39 Å². The van der Waals surface area contributed by atoms with Gasteiger partial charge in [0.1, 0.15) is 11.6 Å². The summed E-state index contributed by atoms with van der Waals surface area (Å²) in [6.07, 6.45) is 0. The predicted octanol–water partition coefficient (Wildman–Crippen LogP) is 1.50. The van der Waals surface area contributed by atoms with Crippen molar-refractivity contribution in [2.45, 2.75) is 13.5 Å². The molecule has 0 saturated heterocycles. The maximum atomic E-state index is 13.2. The lowest BCUT2D eigenvalue weighted by Crippen LogP contribution is -2.20. The van der Waals surface area contributed by atoms with E-state index in [2.05, 4.69) is 5.32 Å². The summed E-state index contributed by atoms with van der Waals surface area (Å²) in [5.41, 5.74) is 0.644. The van der Waals surface area contributed by atoms with Crippen molar-refractivity contribution in [1.29, 1.82) is 0 Å². The maximum absolute atomic E-state index is 13.2. The lowest BCUT2D eigenvalue weighted by atomic mass is 10.2. The summed E-state index contributed by atoms with van der Waals surface area (Å²) in [4.78, 5) is 11.2. The zero-order chi connectivity index (χ0) is 14.8. The summed E-state index contributed by atoms with van der Waals surface area (Å²) in [7, 11) is 1.61. The van der Waals surface area contributed by atoms with Gasteiger partial charge < -0.3 is 19.5 Å². The molecule has 1 aromatic rings. The summed E-state index contributed by atoms with van der Waals surface area (Å²) in [6, 6.07) is 4.17. The number of hydrogen-bond donors (Lipinski definition) is 1. The van der Waals surface area contributed by atoms with E-state index in [1.165, 1.54) is 18.2 Å². The van der Waals surface area contributed by atoms with E-state index in [-0.39, 0.29) is 12.4 Å². The van der Waals surface area contributed by atoms with Crippen LogP contribution in [0.3, 0.4) is 0 Å². The molecular formula is C14H20FNO4. The smallest absolute Gasteiger partial charge is 0.344 e.